The van der Waals surface area contributed by atoms with Crippen LogP contribution in [0.1, 0.15) is 13.8 Å². The number of aromatic nitrogens is 2. The Balaban J connectivity index is 1.70. The molecule has 9 heteroatoms. The van der Waals surface area contributed by atoms with Crippen LogP contribution < -0.4 is 10.3 Å². The molecule has 0 bridgehead atoms. The molecule has 3 aromatic rings. The standard InChI is InChI=1S/C23H24ClN3O4S/c1-14-11-26(12-15(2)31-14)21(28)13-32-23-25-19-7-5-4-6-17(19)22(29)27(23)16-8-9-20(30-3)18(24)10-16/h4-10,14-15H,11-13H2,1-3H3/t14-,15-/m0/s1. The largest absolute Gasteiger partial charge is 0.495 e. The van der Waals surface area contributed by atoms with Crippen LogP contribution in [0.25, 0.3) is 16.6 Å². The summed E-state index contributed by atoms with van der Waals surface area (Å²) < 4.78 is 12.4. The number of amides is 1. The lowest BCUT2D eigenvalue weighted by molar-refractivity contribution is -0.140. The number of benzene rings is 2. The average Bonchev–Trinajstić information content (AvgIpc) is 2.77. The van der Waals surface area contributed by atoms with Gasteiger partial charge in [0.2, 0.25) is 5.91 Å². The molecule has 1 aliphatic rings. The van der Waals surface area contributed by atoms with E-state index in [1.165, 1.54) is 23.4 Å². The zero-order valence-electron chi connectivity index (χ0n) is 18.1. The van der Waals surface area contributed by atoms with E-state index >= 15 is 0 Å². The summed E-state index contributed by atoms with van der Waals surface area (Å²) in [5, 5.41) is 1.30. The summed E-state index contributed by atoms with van der Waals surface area (Å²) in [6, 6.07) is 12.3. The van der Waals surface area contributed by atoms with E-state index in [1.54, 1.807) is 41.3 Å². The van der Waals surface area contributed by atoms with Gasteiger partial charge >= 0.3 is 0 Å². The van der Waals surface area contributed by atoms with Crippen molar-refractivity contribution < 1.29 is 14.3 Å². The first-order valence-electron chi connectivity index (χ1n) is 10.3. The van der Waals surface area contributed by atoms with E-state index in [4.69, 9.17) is 21.1 Å². The molecule has 7 nitrogen and oxygen atoms in total. The predicted molar refractivity (Wildman–Crippen MR) is 126 cm³/mol. The minimum Gasteiger partial charge on any atom is -0.495 e. The molecule has 32 heavy (non-hydrogen) atoms. The Morgan fingerprint density at radius 1 is 1.22 bits per heavy atom. The number of thioether (sulfide) groups is 1. The van der Waals surface area contributed by atoms with Crippen LogP contribution in [0.15, 0.2) is 52.4 Å². The van der Waals surface area contributed by atoms with Gasteiger partial charge in [0, 0.05) is 13.1 Å². The van der Waals surface area contributed by atoms with Crippen LogP contribution in [0.2, 0.25) is 5.02 Å². The van der Waals surface area contributed by atoms with E-state index in [2.05, 4.69) is 4.98 Å². The summed E-state index contributed by atoms with van der Waals surface area (Å²) in [6.07, 6.45) is -0.0165. The number of nitrogens with zero attached hydrogens (tertiary/aromatic N) is 3. The number of methoxy groups -OCH3 is 1. The molecule has 0 aliphatic carbocycles. The van der Waals surface area contributed by atoms with Crippen molar-refractivity contribution in [3.05, 3.63) is 57.8 Å². The molecule has 2 heterocycles. The Kier molecular flexibility index (Phi) is 6.74. The van der Waals surface area contributed by atoms with E-state index in [-0.39, 0.29) is 29.4 Å². The highest BCUT2D eigenvalue weighted by Gasteiger charge is 2.26. The highest BCUT2D eigenvalue weighted by molar-refractivity contribution is 7.99. The highest BCUT2D eigenvalue weighted by Crippen LogP contribution is 2.29. The van der Waals surface area contributed by atoms with Crippen LogP contribution in [0.5, 0.6) is 5.75 Å². The predicted octanol–water partition coefficient (Wildman–Crippen LogP) is 3.78. The highest BCUT2D eigenvalue weighted by atomic mass is 35.5. The van der Waals surface area contributed by atoms with Crippen LogP contribution in [0.4, 0.5) is 0 Å². The minimum absolute atomic E-state index is 0.00823. The van der Waals surface area contributed by atoms with Gasteiger partial charge < -0.3 is 14.4 Å². The van der Waals surface area contributed by atoms with Gasteiger partial charge in [0.25, 0.3) is 5.56 Å². The first-order valence-corrected chi connectivity index (χ1v) is 11.7. The number of ether oxygens (including phenoxy) is 2. The maximum atomic E-state index is 13.4. The lowest BCUT2D eigenvalue weighted by atomic mass is 10.2. The summed E-state index contributed by atoms with van der Waals surface area (Å²) in [5.74, 6) is 0.657. The lowest BCUT2D eigenvalue weighted by Gasteiger charge is -2.35. The second-order valence-electron chi connectivity index (χ2n) is 7.72. The van der Waals surface area contributed by atoms with E-state index < -0.39 is 0 Å². The van der Waals surface area contributed by atoms with Crippen molar-refractivity contribution in [2.75, 3.05) is 26.0 Å². The number of carbonyl (C=O) groups is 1. The molecule has 168 valence electrons. The molecule has 4 rings (SSSR count). The van der Waals surface area contributed by atoms with Crippen molar-refractivity contribution in [3.63, 3.8) is 0 Å². The summed E-state index contributed by atoms with van der Waals surface area (Å²) in [7, 11) is 1.53. The number of rotatable bonds is 5. The monoisotopic (exact) mass is 473 g/mol. The number of fused-ring (bicyclic) bond motifs is 1. The molecule has 0 unspecified atom stereocenters. The van der Waals surface area contributed by atoms with Crippen LogP contribution in [0, 0.1) is 0 Å². The maximum absolute atomic E-state index is 13.4. The van der Waals surface area contributed by atoms with Crippen molar-refractivity contribution in [2.24, 2.45) is 0 Å². The molecular weight excluding hydrogens is 450 g/mol. The number of morpholine rings is 1. The second-order valence-corrected chi connectivity index (χ2v) is 9.07. The number of carbonyl (C=O) groups excluding carboxylic acids is 1. The molecule has 0 saturated carbocycles. The number of halogens is 1. The Hall–Kier alpha value is -2.55. The third-order valence-corrected chi connectivity index (χ3v) is 6.45. The third-order valence-electron chi connectivity index (χ3n) is 5.24. The lowest BCUT2D eigenvalue weighted by Crippen LogP contribution is -2.48. The van der Waals surface area contributed by atoms with Gasteiger partial charge in [-0.1, -0.05) is 35.5 Å². The van der Waals surface area contributed by atoms with E-state index in [0.717, 1.165) is 0 Å². The molecule has 1 amide bonds. The molecule has 0 radical (unpaired) electrons. The quantitative estimate of drug-likeness (QED) is 0.415. The molecular formula is C23H24ClN3O4S. The smallest absolute Gasteiger partial charge is 0.266 e. The van der Waals surface area contributed by atoms with Crippen LogP contribution in [0.3, 0.4) is 0 Å². The van der Waals surface area contributed by atoms with Gasteiger partial charge in [-0.25, -0.2) is 4.98 Å². The fraction of sp³-hybridized carbons (Fsp3) is 0.348. The molecule has 0 N–H and O–H groups in total. The zero-order chi connectivity index (χ0) is 22.8. The van der Waals surface area contributed by atoms with Crippen molar-refractivity contribution in [1.82, 2.24) is 14.5 Å². The Bertz CT molecular complexity index is 1210. The van der Waals surface area contributed by atoms with Crippen LogP contribution in [-0.2, 0) is 9.53 Å². The number of para-hydroxylation sites is 1. The Morgan fingerprint density at radius 2 is 1.94 bits per heavy atom. The van der Waals surface area contributed by atoms with Crippen LogP contribution in [-0.4, -0.2) is 58.5 Å². The maximum Gasteiger partial charge on any atom is 0.266 e. The molecule has 1 aromatic heterocycles. The Morgan fingerprint density at radius 3 is 2.62 bits per heavy atom. The first-order chi connectivity index (χ1) is 15.4. The normalized spacial score (nSPS) is 18.7. The van der Waals surface area contributed by atoms with Crippen molar-refractivity contribution in [3.8, 4) is 11.4 Å². The molecule has 2 aromatic carbocycles. The van der Waals surface area contributed by atoms with Crippen molar-refractivity contribution >= 4 is 40.2 Å². The molecule has 2 atom stereocenters. The summed E-state index contributed by atoms with van der Waals surface area (Å²) in [6.45, 7) is 5.02. The number of hydrogen-bond acceptors (Lipinski definition) is 6. The molecule has 1 saturated heterocycles. The third kappa shape index (κ3) is 4.62. The fourth-order valence-electron chi connectivity index (χ4n) is 3.83. The molecule has 1 aliphatic heterocycles. The minimum atomic E-state index is -0.222. The Labute approximate surface area is 195 Å². The van der Waals surface area contributed by atoms with Gasteiger partial charge in [-0.05, 0) is 44.2 Å². The van der Waals surface area contributed by atoms with Gasteiger partial charge in [-0.2, -0.15) is 0 Å². The van der Waals surface area contributed by atoms with E-state index in [1.807, 2.05) is 19.9 Å². The number of hydrogen-bond donors (Lipinski definition) is 0. The average molecular weight is 474 g/mol. The molecule has 0 spiro atoms. The second kappa shape index (κ2) is 9.52. The SMILES string of the molecule is COc1ccc(-n2c(SCC(=O)N3C[C@H](C)O[C@@H](C)C3)nc3ccccc3c2=O)cc1Cl. The van der Waals surface area contributed by atoms with Crippen molar-refractivity contribution in [2.45, 2.75) is 31.2 Å². The van der Waals surface area contributed by atoms with Gasteiger partial charge in [-0.15, -0.1) is 0 Å². The zero-order valence-corrected chi connectivity index (χ0v) is 19.7. The van der Waals surface area contributed by atoms with Gasteiger partial charge in [-0.3, -0.25) is 14.2 Å². The van der Waals surface area contributed by atoms with Crippen molar-refractivity contribution in [1.29, 1.82) is 0 Å². The van der Waals surface area contributed by atoms with Crippen LogP contribution >= 0.6 is 23.4 Å². The topological polar surface area (TPSA) is 73.7 Å². The molecule has 1 fully saturated rings. The fourth-order valence-corrected chi connectivity index (χ4v) is 5.00. The summed E-state index contributed by atoms with van der Waals surface area (Å²) in [4.78, 5) is 32.8. The van der Waals surface area contributed by atoms with Gasteiger partial charge in [0.05, 0.1) is 46.7 Å². The first kappa shape index (κ1) is 22.6. The summed E-state index contributed by atoms with van der Waals surface area (Å²) >= 11 is 7.55. The van der Waals surface area contributed by atoms with Gasteiger partial charge in [0.1, 0.15) is 5.75 Å². The summed E-state index contributed by atoms with van der Waals surface area (Å²) in [5.41, 5.74) is 0.917. The van der Waals surface area contributed by atoms with E-state index in [0.29, 0.717) is 45.6 Å². The van der Waals surface area contributed by atoms with Gasteiger partial charge in [0.15, 0.2) is 5.16 Å². The van der Waals surface area contributed by atoms with E-state index in [9.17, 15) is 9.59 Å².